The lowest BCUT2D eigenvalue weighted by Crippen LogP contribution is -2.15. The van der Waals surface area contributed by atoms with E-state index in [1.165, 1.54) is 0 Å². The van der Waals surface area contributed by atoms with E-state index in [1.54, 1.807) is 12.3 Å². The number of aromatic nitrogens is 2. The number of nitrogens with zero attached hydrogens (tertiary/aromatic N) is 2. The quantitative estimate of drug-likeness (QED) is 0.194. The molecule has 9 heavy (non-hydrogen) atoms. The number of hydrogen-bond donors (Lipinski definition) is 3. The molecule has 0 saturated carbocycles. The molecular weight excluding hydrogens is 118 g/mol. The molecule has 5 N–H and O–H groups in total. The molecular formula is C4H7N5. The molecule has 0 radical (unpaired) electrons. The number of nitrogens with two attached hydrogens (primary N) is 2. The summed E-state index contributed by atoms with van der Waals surface area (Å²) in [6, 6.07) is 1.69. The van der Waals surface area contributed by atoms with Crippen LogP contribution >= 0.6 is 0 Å². The molecule has 0 fully saturated rings. The molecule has 5 heteroatoms. The molecule has 0 aliphatic carbocycles. The minimum absolute atomic E-state index is 0.257. The van der Waals surface area contributed by atoms with Gasteiger partial charge in [0.1, 0.15) is 5.69 Å². The second-order valence-electron chi connectivity index (χ2n) is 1.48. The maximum atomic E-state index is 5.29. The van der Waals surface area contributed by atoms with Gasteiger partial charge in [0.2, 0.25) is 0 Å². The van der Waals surface area contributed by atoms with Crippen LogP contribution in [0.2, 0.25) is 0 Å². The van der Waals surface area contributed by atoms with Crippen LogP contribution in [0, 0.1) is 0 Å². The zero-order valence-corrected chi connectivity index (χ0v) is 4.70. The largest absolute Gasteiger partial charge is 0.381 e. The van der Waals surface area contributed by atoms with Crippen LogP contribution in [0.1, 0.15) is 5.69 Å². The molecule has 1 heterocycles. The monoisotopic (exact) mass is 125 g/mol. The molecule has 1 rings (SSSR count). The highest BCUT2D eigenvalue weighted by Crippen LogP contribution is 1.87. The second kappa shape index (κ2) is 2.17. The fourth-order valence-corrected chi connectivity index (χ4v) is 0.468. The standard InChI is InChI=1S/C4H7N5/c5-4(8-6)3-1-2-7-9-3/h1-2H,6H2,(H2,5,8)(H,7,9). The van der Waals surface area contributed by atoms with E-state index in [9.17, 15) is 0 Å². The van der Waals surface area contributed by atoms with Gasteiger partial charge in [0, 0.05) is 6.20 Å². The van der Waals surface area contributed by atoms with E-state index in [-0.39, 0.29) is 5.84 Å². The summed E-state index contributed by atoms with van der Waals surface area (Å²) in [5.41, 5.74) is 5.93. The molecule has 0 amide bonds. The summed E-state index contributed by atoms with van der Waals surface area (Å²) in [5.74, 6) is 5.14. The van der Waals surface area contributed by atoms with Gasteiger partial charge in [-0.2, -0.15) is 10.2 Å². The Kier molecular flexibility index (Phi) is 1.35. The normalized spacial score (nSPS) is 11.8. The third-order valence-corrected chi connectivity index (χ3v) is 0.916. The van der Waals surface area contributed by atoms with E-state index in [0.717, 1.165) is 0 Å². The number of amidine groups is 1. The van der Waals surface area contributed by atoms with Gasteiger partial charge >= 0.3 is 0 Å². The number of hydrogen-bond acceptors (Lipinski definition) is 3. The molecule has 1 aromatic heterocycles. The fourth-order valence-electron chi connectivity index (χ4n) is 0.468. The van der Waals surface area contributed by atoms with Crippen molar-refractivity contribution in [1.82, 2.24) is 10.2 Å². The SMILES string of the molecule is NN=C(N)c1ccn[nH]1. The summed E-state index contributed by atoms with van der Waals surface area (Å²) in [7, 11) is 0. The van der Waals surface area contributed by atoms with E-state index < -0.39 is 0 Å². The molecule has 0 bridgehead atoms. The van der Waals surface area contributed by atoms with Crippen LogP contribution in [-0.2, 0) is 0 Å². The molecule has 0 atom stereocenters. The summed E-state index contributed by atoms with van der Waals surface area (Å²) in [4.78, 5) is 0. The van der Waals surface area contributed by atoms with E-state index >= 15 is 0 Å². The van der Waals surface area contributed by atoms with Crippen LogP contribution in [0.4, 0.5) is 0 Å². The second-order valence-corrected chi connectivity index (χ2v) is 1.48. The minimum Gasteiger partial charge on any atom is -0.381 e. The van der Waals surface area contributed by atoms with Gasteiger partial charge < -0.3 is 11.6 Å². The van der Waals surface area contributed by atoms with Crippen LogP contribution in [0.25, 0.3) is 0 Å². The Bertz CT molecular complexity index is 199. The van der Waals surface area contributed by atoms with Gasteiger partial charge in [-0.25, -0.2) is 0 Å². The van der Waals surface area contributed by atoms with Gasteiger partial charge in [0.25, 0.3) is 0 Å². The number of nitrogens with one attached hydrogen (secondary N) is 1. The van der Waals surface area contributed by atoms with E-state index in [4.69, 9.17) is 11.6 Å². The van der Waals surface area contributed by atoms with Crippen molar-refractivity contribution < 1.29 is 0 Å². The third-order valence-electron chi connectivity index (χ3n) is 0.916. The van der Waals surface area contributed by atoms with Crippen molar-refractivity contribution in [2.75, 3.05) is 0 Å². The Morgan fingerprint density at radius 2 is 2.56 bits per heavy atom. The predicted molar refractivity (Wildman–Crippen MR) is 33.5 cm³/mol. The van der Waals surface area contributed by atoms with Gasteiger partial charge in [-0.15, -0.1) is 0 Å². The third kappa shape index (κ3) is 0.987. The molecule has 1 aromatic rings. The van der Waals surface area contributed by atoms with Crippen molar-refractivity contribution in [3.63, 3.8) is 0 Å². The molecule has 0 saturated heterocycles. The van der Waals surface area contributed by atoms with Crippen molar-refractivity contribution in [1.29, 1.82) is 0 Å². The Hall–Kier alpha value is -1.52. The van der Waals surface area contributed by atoms with Gasteiger partial charge in [-0.1, -0.05) is 0 Å². The lowest BCUT2D eigenvalue weighted by atomic mass is 10.4. The summed E-state index contributed by atoms with van der Waals surface area (Å²) in [5, 5.41) is 9.51. The first-order valence-corrected chi connectivity index (χ1v) is 2.37. The summed E-state index contributed by atoms with van der Waals surface area (Å²) in [6.07, 6.45) is 1.58. The van der Waals surface area contributed by atoms with Crippen molar-refractivity contribution >= 4 is 5.84 Å². The highest BCUT2D eigenvalue weighted by molar-refractivity contribution is 5.95. The predicted octanol–water partition coefficient (Wildman–Crippen LogP) is -1.01. The Balaban J connectivity index is 2.90. The van der Waals surface area contributed by atoms with Crippen molar-refractivity contribution in [2.45, 2.75) is 0 Å². The number of hydrazone groups is 1. The summed E-state index contributed by atoms with van der Waals surface area (Å²) >= 11 is 0. The summed E-state index contributed by atoms with van der Waals surface area (Å²) in [6.45, 7) is 0. The highest BCUT2D eigenvalue weighted by Gasteiger charge is 1.95. The van der Waals surface area contributed by atoms with Gasteiger partial charge in [0.15, 0.2) is 5.84 Å². The lowest BCUT2D eigenvalue weighted by Gasteiger charge is -1.89. The highest BCUT2D eigenvalue weighted by atomic mass is 15.2. The summed E-state index contributed by atoms with van der Waals surface area (Å²) < 4.78 is 0. The van der Waals surface area contributed by atoms with Gasteiger partial charge in [-0.3, -0.25) is 5.10 Å². The first-order valence-electron chi connectivity index (χ1n) is 2.37. The van der Waals surface area contributed by atoms with Gasteiger partial charge in [0.05, 0.1) is 0 Å². The molecule has 0 spiro atoms. The number of H-pyrrole nitrogens is 1. The van der Waals surface area contributed by atoms with Crippen LogP contribution in [0.15, 0.2) is 17.4 Å². The number of rotatable bonds is 1. The molecule has 5 nitrogen and oxygen atoms in total. The average Bonchev–Trinajstić information content (AvgIpc) is 2.37. The Morgan fingerprint density at radius 1 is 1.78 bits per heavy atom. The zero-order chi connectivity index (χ0) is 6.69. The molecule has 0 aliphatic heterocycles. The van der Waals surface area contributed by atoms with E-state index in [0.29, 0.717) is 5.69 Å². The minimum atomic E-state index is 0.257. The number of aromatic amines is 1. The van der Waals surface area contributed by atoms with Crippen molar-refractivity contribution in [3.8, 4) is 0 Å². The van der Waals surface area contributed by atoms with Crippen LogP contribution in [0.5, 0.6) is 0 Å². The maximum absolute atomic E-state index is 5.29. The van der Waals surface area contributed by atoms with Crippen LogP contribution in [0.3, 0.4) is 0 Å². The Labute approximate surface area is 51.7 Å². The molecule has 48 valence electrons. The van der Waals surface area contributed by atoms with E-state index in [1.807, 2.05) is 0 Å². The van der Waals surface area contributed by atoms with Crippen molar-refractivity contribution in [2.24, 2.45) is 16.7 Å². The average molecular weight is 125 g/mol. The first kappa shape index (κ1) is 5.61. The van der Waals surface area contributed by atoms with Crippen molar-refractivity contribution in [3.05, 3.63) is 18.0 Å². The molecule has 0 aliphatic rings. The maximum Gasteiger partial charge on any atom is 0.168 e. The molecule has 0 aromatic carbocycles. The van der Waals surface area contributed by atoms with Gasteiger partial charge in [-0.05, 0) is 6.07 Å². The topological polar surface area (TPSA) is 93.1 Å². The Morgan fingerprint density at radius 3 is 3.00 bits per heavy atom. The lowest BCUT2D eigenvalue weighted by molar-refractivity contribution is 1.07. The first-order chi connectivity index (χ1) is 4.34. The molecule has 0 unspecified atom stereocenters. The zero-order valence-electron chi connectivity index (χ0n) is 4.70. The van der Waals surface area contributed by atoms with Crippen LogP contribution < -0.4 is 11.6 Å². The van der Waals surface area contributed by atoms with E-state index in [2.05, 4.69) is 15.3 Å². The fraction of sp³-hybridized carbons (Fsp3) is 0. The van der Waals surface area contributed by atoms with Crippen LogP contribution in [-0.4, -0.2) is 16.0 Å². The smallest absolute Gasteiger partial charge is 0.168 e.